The Morgan fingerprint density at radius 2 is 2.42 bits per heavy atom. The zero-order valence-electron chi connectivity index (χ0n) is 10.8. The summed E-state index contributed by atoms with van der Waals surface area (Å²) in [4.78, 5) is 15.3. The van der Waals surface area contributed by atoms with Crippen molar-refractivity contribution in [2.75, 3.05) is 19.7 Å². The summed E-state index contributed by atoms with van der Waals surface area (Å²) in [6, 6.07) is 3.71. The van der Waals surface area contributed by atoms with Gasteiger partial charge in [-0.3, -0.25) is 15.1 Å². The summed E-state index contributed by atoms with van der Waals surface area (Å²) in [5.74, 6) is 4.84. The van der Waals surface area contributed by atoms with Gasteiger partial charge >= 0.3 is 0 Å². The third kappa shape index (κ3) is 3.74. The van der Waals surface area contributed by atoms with Crippen LogP contribution in [0.3, 0.4) is 0 Å². The predicted octanol–water partition coefficient (Wildman–Crippen LogP) is -0.0668. The van der Waals surface area contributed by atoms with E-state index in [1.54, 1.807) is 6.07 Å². The smallest absolute Gasteiger partial charge is 0.275 e. The molecule has 19 heavy (non-hydrogen) atoms. The number of rotatable bonds is 4. The number of ether oxygens (including phenoxy) is 1. The molecule has 7 heteroatoms. The molecule has 1 fully saturated rings. The number of nitrogens with zero attached hydrogens (tertiary/aromatic N) is 1. The monoisotopic (exact) mass is 285 g/mol. The Bertz CT molecular complexity index is 438. The quantitative estimate of drug-likeness (QED) is 0.409. The minimum Gasteiger partial charge on any atom is -0.394 e. The molecule has 1 aliphatic heterocycles. The van der Waals surface area contributed by atoms with Gasteiger partial charge in [0.25, 0.3) is 5.91 Å². The first-order valence-corrected chi connectivity index (χ1v) is 7.02. The maximum Gasteiger partial charge on any atom is 0.275 e. The van der Waals surface area contributed by atoms with Crippen LogP contribution in [0.4, 0.5) is 0 Å². The number of morpholine rings is 1. The molecule has 6 nitrogen and oxygen atoms in total. The van der Waals surface area contributed by atoms with E-state index in [0.29, 0.717) is 11.4 Å². The molecule has 106 valence electrons. The maximum atomic E-state index is 11.4. The van der Waals surface area contributed by atoms with Gasteiger partial charge in [0.2, 0.25) is 0 Å². The van der Waals surface area contributed by atoms with Gasteiger partial charge in [0.15, 0.2) is 0 Å². The van der Waals surface area contributed by atoms with Gasteiger partial charge < -0.3 is 9.84 Å². The first-order valence-electron chi connectivity index (χ1n) is 6.20. The Morgan fingerprint density at radius 1 is 1.63 bits per heavy atom. The number of nitrogens with one attached hydrogen (secondary N) is 1. The molecule has 1 aliphatic rings. The zero-order chi connectivity index (χ0) is 13.8. The molecule has 0 saturated carbocycles. The highest BCUT2D eigenvalue weighted by atomic mass is 32.1. The standard InChI is InChI=1S/C12H19N3O3S/c1-8-4-15(5-9(7-16)18-8)6-10-2-3-11(19-10)12(17)14-13/h2-3,8-9,16H,4-7,13H2,1H3,(H,14,17). The summed E-state index contributed by atoms with van der Waals surface area (Å²) < 4.78 is 5.60. The van der Waals surface area contributed by atoms with Crippen molar-refractivity contribution in [1.29, 1.82) is 0 Å². The molecule has 1 aromatic heterocycles. The second-order valence-electron chi connectivity index (χ2n) is 4.68. The van der Waals surface area contributed by atoms with E-state index in [9.17, 15) is 9.90 Å². The van der Waals surface area contributed by atoms with Crippen molar-refractivity contribution in [3.8, 4) is 0 Å². The fourth-order valence-corrected chi connectivity index (χ4v) is 3.20. The van der Waals surface area contributed by atoms with E-state index in [4.69, 9.17) is 10.6 Å². The Labute approximate surface area is 116 Å². The summed E-state index contributed by atoms with van der Waals surface area (Å²) in [6.07, 6.45) is -0.0202. The fraction of sp³-hybridized carbons (Fsp3) is 0.583. The molecule has 1 aromatic rings. The average molecular weight is 285 g/mol. The van der Waals surface area contributed by atoms with E-state index in [-0.39, 0.29) is 24.7 Å². The van der Waals surface area contributed by atoms with Gasteiger partial charge in [-0.05, 0) is 19.1 Å². The number of thiophene rings is 1. The van der Waals surface area contributed by atoms with Crippen LogP contribution in [-0.4, -0.2) is 47.8 Å². The van der Waals surface area contributed by atoms with Gasteiger partial charge in [0.1, 0.15) is 0 Å². The lowest BCUT2D eigenvalue weighted by Crippen LogP contribution is -2.47. The molecule has 2 atom stereocenters. The van der Waals surface area contributed by atoms with Crippen molar-refractivity contribution in [2.45, 2.75) is 25.7 Å². The third-order valence-electron chi connectivity index (χ3n) is 3.00. The van der Waals surface area contributed by atoms with E-state index in [1.165, 1.54) is 11.3 Å². The second-order valence-corrected chi connectivity index (χ2v) is 5.85. The van der Waals surface area contributed by atoms with Crippen molar-refractivity contribution in [3.63, 3.8) is 0 Å². The number of aliphatic hydroxyl groups is 1. The number of carbonyl (C=O) groups excluding carboxylic acids is 1. The highest BCUT2D eigenvalue weighted by Crippen LogP contribution is 2.20. The molecule has 0 aliphatic carbocycles. The molecule has 1 amide bonds. The Hall–Kier alpha value is -0.990. The largest absolute Gasteiger partial charge is 0.394 e. The SMILES string of the molecule is CC1CN(Cc2ccc(C(=O)NN)s2)CC(CO)O1. The Balaban J connectivity index is 1.96. The van der Waals surface area contributed by atoms with Crippen molar-refractivity contribution >= 4 is 17.2 Å². The molecule has 2 heterocycles. The van der Waals surface area contributed by atoms with Gasteiger partial charge in [-0.1, -0.05) is 0 Å². The molecule has 2 unspecified atom stereocenters. The average Bonchev–Trinajstić information content (AvgIpc) is 2.85. The summed E-state index contributed by atoms with van der Waals surface area (Å²) in [5, 5.41) is 9.19. The minimum atomic E-state index is -0.264. The molecule has 4 N–H and O–H groups in total. The van der Waals surface area contributed by atoms with E-state index in [0.717, 1.165) is 18.0 Å². The molecular formula is C12H19N3O3S. The zero-order valence-corrected chi connectivity index (χ0v) is 11.7. The van der Waals surface area contributed by atoms with E-state index < -0.39 is 0 Å². The predicted molar refractivity (Wildman–Crippen MR) is 72.7 cm³/mol. The van der Waals surface area contributed by atoms with Gasteiger partial charge in [0, 0.05) is 24.5 Å². The summed E-state index contributed by atoms with van der Waals surface area (Å²) in [5.41, 5.74) is 2.13. The summed E-state index contributed by atoms with van der Waals surface area (Å²) in [7, 11) is 0. The molecule has 2 rings (SSSR count). The van der Waals surface area contributed by atoms with Crippen molar-refractivity contribution in [3.05, 3.63) is 21.9 Å². The molecule has 1 saturated heterocycles. The molecule has 0 spiro atoms. The van der Waals surface area contributed by atoms with E-state index in [2.05, 4.69) is 10.3 Å². The number of hydrazine groups is 1. The van der Waals surface area contributed by atoms with Crippen molar-refractivity contribution in [2.24, 2.45) is 5.84 Å². The lowest BCUT2D eigenvalue weighted by atomic mass is 10.2. The Morgan fingerprint density at radius 3 is 3.11 bits per heavy atom. The van der Waals surface area contributed by atoms with Crippen LogP contribution in [0.1, 0.15) is 21.5 Å². The van der Waals surface area contributed by atoms with Crippen LogP contribution in [0, 0.1) is 0 Å². The number of hydrogen-bond donors (Lipinski definition) is 3. The van der Waals surface area contributed by atoms with Crippen LogP contribution in [0.2, 0.25) is 0 Å². The molecule has 0 radical (unpaired) electrons. The Kier molecular flexibility index (Phi) is 4.89. The number of hydrogen-bond acceptors (Lipinski definition) is 6. The number of nitrogens with two attached hydrogens (primary N) is 1. The van der Waals surface area contributed by atoms with Gasteiger partial charge in [-0.25, -0.2) is 5.84 Å². The lowest BCUT2D eigenvalue weighted by Gasteiger charge is -2.35. The third-order valence-corrected chi connectivity index (χ3v) is 4.07. The summed E-state index contributed by atoms with van der Waals surface area (Å²) >= 11 is 1.43. The van der Waals surface area contributed by atoms with Gasteiger partial charge in [0.05, 0.1) is 23.7 Å². The molecular weight excluding hydrogens is 266 g/mol. The van der Waals surface area contributed by atoms with Crippen LogP contribution < -0.4 is 11.3 Å². The molecule has 0 bridgehead atoms. The number of aliphatic hydroxyl groups excluding tert-OH is 1. The minimum absolute atomic E-state index is 0.0338. The van der Waals surface area contributed by atoms with Crippen LogP contribution in [0.15, 0.2) is 12.1 Å². The number of nitrogen functional groups attached to an aromatic ring is 1. The molecule has 0 aromatic carbocycles. The second kappa shape index (κ2) is 6.44. The van der Waals surface area contributed by atoms with Crippen LogP contribution >= 0.6 is 11.3 Å². The van der Waals surface area contributed by atoms with Gasteiger partial charge in [-0.15, -0.1) is 11.3 Å². The normalized spacial score (nSPS) is 24.4. The highest BCUT2D eigenvalue weighted by molar-refractivity contribution is 7.14. The topological polar surface area (TPSA) is 87.8 Å². The van der Waals surface area contributed by atoms with Crippen LogP contribution in [0.5, 0.6) is 0 Å². The van der Waals surface area contributed by atoms with E-state index in [1.807, 2.05) is 13.0 Å². The maximum absolute atomic E-state index is 11.4. The number of amides is 1. The fourth-order valence-electron chi connectivity index (χ4n) is 2.25. The van der Waals surface area contributed by atoms with E-state index >= 15 is 0 Å². The van der Waals surface area contributed by atoms with Crippen molar-refractivity contribution < 1.29 is 14.6 Å². The first kappa shape index (κ1) is 14.4. The lowest BCUT2D eigenvalue weighted by molar-refractivity contribution is -0.0970. The first-order chi connectivity index (χ1) is 9.12. The highest BCUT2D eigenvalue weighted by Gasteiger charge is 2.25. The number of carbonyl (C=O) groups is 1. The summed E-state index contributed by atoms with van der Waals surface area (Å²) in [6.45, 7) is 4.32. The van der Waals surface area contributed by atoms with Crippen LogP contribution in [-0.2, 0) is 11.3 Å². The van der Waals surface area contributed by atoms with Crippen molar-refractivity contribution in [1.82, 2.24) is 10.3 Å². The van der Waals surface area contributed by atoms with Gasteiger partial charge in [-0.2, -0.15) is 0 Å². The van der Waals surface area contributed by atoms with Crippen LogP contribution in [0.25, 0.3) is 0 Å².